The summed E-state index contributed by atoms with van der Waals surface area (Å²) in [5.74, 6) is 0. The van der Waals surface area contributed by atoms with E-state index in [2.05, 4.69) is 29.3 Å². The van der Waals surface area contributed by atoms with Gasteiger partial charge in [-0.25, -0.2) is 0 Å². The first-order valence-electron chi connectivity index (χ1n) is 7.06. The predicted molar refractivity (Wildman–Crippen MR) is 83.7 cm³/mol. The second kappa shape index (κ2) is 5.10. The molecule has 2 fully saturated rings. The van der Waals surface area contributed by atoms with Crippen molar-refractivity contribution in [2.75, 3.05) is 18.4 Å². The fourth-order valence-electron chi connectivity index (χ4n) is 3.49. The van der Waals surface area contributed by atoms with Crippen LogP contribution in [0.5, 0.6) is 0 Å². The Balaban J connectivity index is 1.73. The zero-order valence-electron chi connectivity index (χ0n) is 11.4. The van der Waals surface area contributed by atoms with E-state index in [-0.39, 0.29) is 0 Å². The minimum absolute atomic E-state index is 0.479. The van der Waals surface area contributed by atoms with Crippen molar-refractivity contribution in [2.45, 2.75) is 38.3 Å². The molecule has 3 rings (SSSR count). The first-order valence-corrected chi connectivity index (χ1v) is 7.47. The SMILES string of the molecule is Cc1cc(NC2CCN3CCCC23)ccc1C(N)=S. The Labute approximate surface area is 120 Å². The molecule has 2 heterocycles. The van der Waals surface area contributed by atoms with Crippen molar-refractivity contribution in [2.24, 2.45) is 5.73 Å². The number of nitrogens with two attached hydrogens (primary N) is 1. The maximum atomic E-state index is 5.70. The number of anilines is 1. The Morgan fingerprint density at radius 1 is 1.37 bits per heavy atom. The largest absolute Gasteiger partial charge is 0.389 e. The van der Waals surface area contributed by atoms with Gasteiger partial charge in [0.2, 0.25) is 0 Å². The first-order chi connectivity index (χ1) is 9.15. The van der Waals surface area contributed by atoms with Gasteiger partial charge >= 0.3 is 0 Å². The fraction of sp³-hybridized carbons (Fsp3) is 0.533. The van der Waals surface area contributed by atoms with Crippen molar-refractivity contribution in [1.29, 1.82) is 0 Å². The van der Waals surface area contributed by atoms with Gasteiger partial charge in [0.05, 0.1) is 0 Å². The highest BCUT2D eigenvalue weighted by Gasteiger charge is 2.36. The number of aryl methyl sites for hydroxylation is 1. The van der Waals surface area contributed by atoms with Crippen molar-refractivity contribution in [1.82, 2.24) is 4.90 Å². The Morgan fingerprint density at radius 2 is 2.21 bits per heavy atom. The quantitative estimate of drug-likeness (QED) is 0.831. The number of hydrogen-bond acceptors (Lipinski definition) is 3. The van der Waals surface area contributed by atoms with Crippen LogP contribution in [0.15, 0.2) is 18.2 Å². The van der Waals surface area contributed by atoms with Crippen LogP contribution < -0.4 is 11.1 Å². The molecule has 1 aromatic rings. The third kappa shape index (κ3) is 2.47. The van der Waals surface area contributed by atoms with E-state index in [4.69, 9.17) is 18.0 Å². The summed E-state index contributed by atoms with van der Waals surface area (Å²) in [6.07, 6.45) is 3.94. The molecule has 0 bridgehead atoms. The number of nitrogens with one attached hydrogen (secondary N) is 1. The Kier molecular flexibility index (Phi) is 3.46. The van der Waals surface area contributed by atoms with E-state index in [1.54, 1.807) is 0 Å². The molecule has 0 aromatic heterocycles. The molecule has 3 nitrogen and oxygen atoms in total. The summed E-state index contributed by atoms with van der Waals surface area (Å²) < 4.78 is 0. The molecule has 2 aliphatic rings. The van der Waals surface area contributed by atoms with Gasteiger partial charge in [0, 0.05) is 29.9 Å². The molecule has 19 heavy (non-hydrogen) atoms. The molecule has 2 saturated heterocycles. The summed E-state index contributed by atoms with van der Waals surface area (Å²) in [7, 11) is 0. The summed E-state index contributed by atoms with van der Waals surface area (Å²) in [5.41, 5.74) is 9.03. The average molecular weight is 275 g/mol. The monoisotopic (exact) mass is 275 g/mol. The maximum Gasteiger partial charge on any atom is 0.104 e. The first kappa shape index (κ1) is 12.9. The summed E-state index contributed by atoms with van der Waals surface area (Å²) >= 11 is 5.05. The topological polar surface area (TPSA) is 41.3 Å². The molecule has 1 aromatic carbocycles. The number of hydrogen-bond donors (Lipinski definition) is 2. The number of rotatable bonds is 3. The summed E-state index contributed by atoms with van der Waals surface area (Å²) in [6.45, 7) is 4.59. The van der Waals surface area contributed by atoms with Crippen molar-refractivity contribution in [3.8, 4) is 0 Å². The standard InChI is InChI=1S/C15H21N3S/c1-10-9-11(4-5-12(10)15(16)19)17-13-6-8-18-7-2-3-14(13)18/h4-5,9,13-14,17H,2-3,6-8H2,1H3,(H2,16,19). The van der Waals surface area contributed by atoms with Gasteiger partial charge in [-0.3, -0.25) is 4.90 Å². The third-order valence-electron chi connectivity index (χ3n) is 4.45. The Morgan fingerprint density at radius 3 is 2.95 bits per heavy atom. The van der Waals surface area contributed by atoms with Crippen LogP contribution in [0.1, 0.15) is 30.4 Å². The van der Waals surface area contributed by atoms with E-state index in [0.29, 0.717) is 11.0 Å². The van der Waals surface area contributed by atoms with Crippen LogP contribution in [-0.4, -0.2) is 35.1 Å². The lowest BCUT2D eigenvalue weighted by Crippen LogP contribution is -2.33. The van der Waals surface area contributed by atoms with E-state index in [1.807, 2.05) is 6.07 Å². The van der Waals surface area contributed by atoms with Gasteiger partial charge < -0.3 is 11.1 Å². The van der Waals surface area contributed by atoms with Crippen LogP contribution in [0.3, 0.4) is 0 Å². The molecule has 102 valence electrons. The number of fused-ring (bicyclic) bond motifs is 1. The van der Waals surface area contributed by atoms with Crippen LogP contribution in [0.2, 0.25) is 0 Å². The predicted octanol–water partition coefficient (Wildman–Crippen LogP) is 2.28. The minimum Gasteiger partial charge on any atom is -0.389 e. The minimum atomic E-state index is 0.479. The lowest BCUT2D eigenvalue weighted by molar-refractivity contribution is 0.318. The van der Waals surface area contributed by atoms with E-state index < -0.39 is 0 Å². The molecular weight excluding hydrogens is 254 g/mol. The van der Waals surface area contributed by atoms with Gasteiger partial charge in [-0.05, 0) is 56.5 Å². The highest BCUT2D eigenvalue weighted by atomic mass is 32.1. The van der Waals surface area contributed by atoms with Gasteiger partial charge in [0.1, 0.15) is 4.99 Å². The molecule has 2 aliphatic heterocycles. The van der Waals surface area contributed by atoms with Gasteiger partial charge in [0.25, 0.3) is 0 Å². The Hall–Kier alpha value is -1.13. The summed E-state index contributed by atoms with van der Waals surface area (Å²) in [5, 5.41) is 3.69. The number of benzene rings is 1. The van der Waals surface area contributed by atoms with Crippen molar-refractivity contribution < 1.29 is 0 Å². The number of nitrogens with zero attached hydrogens (tertiary/aromatic N) is 1. The summed E-state index contributed by atoms with van der Waals surface area (Å²) in [6, 6.07) is 7.61. The van der Waals surface area contributed by atoms with E-state index in [9.17, 15) is 0 Å². The third-order valence-corrected chi connectivity index (χ3v) is 4.67. The van der Waals surface area contributed by atoms with Gasteiger partial charge in [-0.15, -0.1) is 0 Å². The lowest BCUT2D eigenvalue weighted by atomic mass is 10.0. The molecule has 4 heteroatoms. The van der Waals surface area contributed by atoms with Gasteiger partial charge in [-0.1, -0.05) is 12.2 Å². The zero-order chi connectivity index (χ0) is 13.4. The van der Waals surface area contributed by atoms with E-state index in [1.165, 1.54) is 38.0 Å². The van der Waals surface area contributed by atoms with E-state index >= 15 is 0 Å². The van der Waals surface area contributed by atoms with Crippen LogP contribution >= 0.6 is 12.2 Å². The van der Waals surface area contributed by atoms with E-state index in [0.717, 1.165) is 17.2 Å². The van der Waals surface area contributed by atoms with Gasteiger partial charge in [-0.2, -0.15) is 0 Å². The zero-order valence-corrected chi connectivity index (χ0v) is 12.2. The molecule has 0 aliphatic carbocycles. The maximum absolute atomic E-state index is 5.70. The second-order valence-electron chi connectivity index (χ2n) is 5.68. The fourth-order valence-corrected chi connectivity index (χ4v) is 3.72. The molecule has 0 amide bonds. The van der Waals surface area contributed by atoms with Crippen molar-refractivity contribution in [3.63, 3.8) is 0 Å². The summed E-state index contributed by atoms with van der Waals surface area (Å²) in [4.78, 5) is 3.10. The molecule has 0 radical (unpaired) electrons. The average Bonchev–Trinajstić information content (AvgIpc) is 2.94. The van der Waals surface area contributed by atoms with Crippen LogP contribution in [-0.2, 0) is 0 Å². The molecule has 0 spiro atoms. The molecule has 2 atom stereocenters. The van der Waals surface area contributed by atoms with Crippen molar-refractivity contribution in [3.05, 3.63) is 29.3 Å². The Bertz CT molecular complexity index is 500. The van der Waals surface area contributed by atoms with Crippen LogP contribution in [0.4, 0.5) is 5.69 Å². The molecule has 3 N–H and O–H groups in total. The normalized spacial score (nSPS) is 26.4. The van der Waals surface area contributed by atoms with Crippen LogP contribution in [0, 0.1) is 6.92 Å². The van der Waals surface area contributed by atoms with Crippen LogP contribution in [0.25, 0.3) is 0 Å². The molecule has 0 saturated carbocycles. The smallest absolute Gasteiger partial charge is 0.104 e. The highest BCUT2D eigenvalue weighted by molar-refractivity contribution is 7.80. The van der Waals surface area contributed by atoms with Crippen molar-refractivity contribution >= 4 is 22.9 Å². The number of thiocarbonyl (C=S) groups is 1. The lowest BCUT2D eigenvalue weighted by Gasteiger charge is -2.22. The second-order valence-corrected chi connectivity index (χ2v) is 6.12. The van der Waals surface area contributed by atoms with Gasteiger partial charge in [0.15, 0.2) is 0 Å². The molecular formula is C15H21N3S. The highest BCUT2D eigenvalue weighted by Crippen LogP contribution is 2.30. The molecule has 2 unspecified atom stereocenters.